The predicted molar refractivity (Wildman–Crippen MR) is 48.8 cm³/mol. The molecule has 0 heterocycles. The standard InChI is InChI=1S/C11H18O2.2Rh/c12-10(13)11-4-7-1-8(5-11)3-9(2-7)6-11;;/h7-10,12-13H,1-6H2;;. The Morgan fingerprint density at radius 3 is 1.40 bits per heavy atom. The first-order chi connectivity index (χ1) is 6.18. The SMILES string of the molecule is OC(O)C12CC3CC(CC(C3)C1)C2.[Rh].[Rh]. The van der Waals surface area contributed by atoms with Crippen LogP contribution in [-0.2, 0) is 39.0 Å². The molecule has 0 spiro atoms. The van der Waals surface area contributed by atoms with E-state index in [1.807, 2.05) is 0 Å². The van der Waals surface area contributed by atoms with Crippen LogP contribution in [0.25, 0.3) is 0 Å². The van der Waals surface area contributed by atoms with Gasteiger partial charge in [-0.1, -0.05) is 0 Å². The average molecular weight is 388 g/mol. The Morgan fingerprint density at radius 2 is 1.13 bits per heavy atom. The van der Waals surface area contributed by atoms with Crippen LogP contribution >= 0.6 is 0 Å². The van der Waals surface area contributed by atoms with Crippen LogP contribution in [0.4, 0.5) is 0 Å². The van der Waals surface area contributed by atoms with Gasteiger partial charge in [0.15, 0.2) is 6.29 Å². The third kappa shape index (κ3) is 2.25. The van der Waals surface area contributed by atoms with Crippen LogP contribution in [0.2, 0.25) is 0 Å². The fourth-order valence-corrected chi connectivity index (χ4v) is 4.49. The first kappa shape index (κ1) is 14.2. The summed E-state index contributed by atoms with van der Waals surface area (Å²) < 4.78 is 0. The molecule has 4 heteroatoms. The molecule has 0 atom stereocenters. The Labute approximate surface area is 117 Å². The number of hydrogen-bond donors (Lipinski definition) is 2. The average Bonchev–Trinajstić information content (AvgIpc) is 2.00. The molecule has 0 aromatic rings. The predicted octanol–water partition coefficient (Wildman–Crippen LogP) is 1.51. The monoisotopic (exact) mass is 388 g/mol. The van der Waals surface area contributed by atoms with Gasteiger partial charge < -0.3 is 10.2 Å². The number of aliphatic hydroxyl groups excluding tert-OH is 1. The van der Waals surface area contributed by atoms with E-state index in [0.29, 0.717) is 0 Å². The quantitative estimate of drug-likeness (QED) is 0.529. The summed E-state index contributed by atoms with van der Waals surface area (Å²) in [5.41, 5.74) is -0.0885. The molecular formula is C11H18O2Rh2. The summed E-state index contributed by atoms with van der Waals surface area (Å²) in [5, 5.41) is 18.9. The second-order valence-electron chi connectivity index (χ2n) is 5.65. The normalized spacial score (nSPS) is 46.2. The summed E-state index contributed by atoms with van der Waals surface area (Å²) in [4.78, 5) is 0. The topological polar surface area (TPSA) is 40.5 Å². The molecule has 92 valence electrons. The van der Waals surface area contributed by atoms with E-state index in [0.717, 1.165) is 37.0 Å². The van der Waals surface area contributed by atoms with E-state index in [-0.39, 0.29) is 44.4 Å². The molecule has 0 aromatic heterocycles. The maximum absolute atomic E-state index is 9.47. The second-order valence-corrected chi connectivity index (χ2v) is 5.65. The van der Waals surface area contributed by atoms with E-state index >= 15 is 0 Å². The van der Waals surface area contributed by atoms with E-state index in [2.05, 4.69) is 0 Å². The first-order valence-electron chi connectivity index (χ1n) is 5.54. The summed E-state index contributed by atoms with van der Waals surface area (Å²) in [7, 11) is 0. The van der Waals surface area contributed by atoms with Crippen LogP contribution in [0.1, 0.15) is 38.5 Å². The van der Waals surface area contributed by atoms with Gasteiger partial charge >= 0.3 is 0 Å². The van der Waals surface area contributed by atoms with Gasteiger partial charge in [0.1, 0.15) is 0 Å². The smallest absolute Gasteiger partial charge is 0.157 e. The van der Waals surface area contributed by atoms with Crippen molar-refractivity contribution in [1.29, 1.82) is 0 Å². The van der Waals surface area contributed by atoms with Gasteiger partial charge in [-0.05, 0) is 56.3 Å². The number of hydrogen-bond acceptors (Lipinski definition) is 2. The zero-order valence-electron chi connectivity index (χ0n) is 8.61. The van der Waals surface area contributed by atoms with Crippen molar-refractivity contribution in [2.75, 3.05) is 0 Å². The van der Waals surface area contributed by atoms with Crippen molar-refractivity contribution < 1.29 is 49.2 Å². The van der Waals surface area contributed by atoms with Crippen LogP contribution < -0.4 is 0 Å². The largest absolute Gasteiger partial charge is 0.368 e. The number of aliphatic hydroxyl groups is 2. The van der Waals surface area contributed by atoms with Crippen molar-refractivity contribution in [3.63, 3.8) is 0 Å². The van der Waals surface area contributed by atoms with Crippen molar-refractivity contribution in [3.05, 3.63) is 0 Å². The molecule has 4 rings (SSSR count). The summed E-state index contributed by atoms with van der Waals surface area (Å²) in [6.45, 7) is 0. The molecule has 4 fully saturated rings. The molecule has 0 unspecified atom stereocenters. The van der Waals surface area contributed by atoms with Crippen molar-refractivity contribution in [3.8, 4) is 0 Å². The summed E-state index contributed by atoms with van der Waals surface area (Å²) >= 11 is 0. The van der Waals surface area contributed by atoms with Crippen LogP contribution in [0, 0.1) is 23.2 Å². The van der Waals surface area contributed by atoms with Gasteiger partial charge in [-0.15, -0.1) is 0 Å². The Balaban J connectivity index is 0.000000562. The van der Waals surface area contributed by atoms with Crippen molar-refractivity contribution in [1.82, 2.24) is 0 Å². The fraction of sp³-hybridized carbons (Fsp3) is 1.00. The molecule has 2 nitrogen and oxygen atoms in total. The summed E-state index contributed by atoms with van der Waals surface area (Å²) in [6, 6.07) is 0. The molecule has 2 N–H and O–H groups in total. The molecule has 0 aliphatic heterocycles. The summed E-state index contributed by atoms with van der Waals surface area (Å²) in [6.07, 6.45) is 6.29. The molecule has 4 bridgehead atoms. The van der Waals surface area contributed by atoms with Gasteiger partial charge in [0.05, 0.1) is 0 Å². The zero-order chi connectivity index (χ0) is 9.05. The third-order valence-electron chi connectivity index (χ3n) is 4.63. The van der Waals surface area contributed by atoms with Crippen LogP contribution in [-0.4, -0.2) is 16.5 Å². The van der Waals surface area contributed by atoms with Crippen LogP contribution in [0.15, 0.2) is 0 Å². The Kier molecular flexibility index (Phi) is 4.56. The zero-order valence-corrected chi connectivity index (χ0v) is 11.9. The van der Waals surface area contributed by atoms with Gasteiger partial charge in [-0.3, -0.25) is 0 Å². The van der Waals surface area contributed by atoms with E-state index in [9.17, 15) is 10.2 Å². The van der Waals surface area contributed by atoms with Crippen LogP contribution in [0.5, 0.6) is 0 Å². The molecule has 4 aliphatic carbocycles. The van der Waals surface area contributed by atoms with Gasteiger partial charge in [-0.25, -0.2) is 0 Å². The van der Waals surface area contributed by atoms with Crippen molar-refractivity contribution in [2.24, 2.45) is 23.2 Å². The van der Waals surface area contributed by atoms with E-state index < -0.39 is 6.29 Å². The minimum absolute atomic E-state index is 0. The van der Waals surface area contributed by atoms with E-state index in [4.69, 9.17) is 0 Å². The Hall–Kier alpha value is 1.17. The molecular weight excluding hydrogens is 370 g/mol. The van der Waals surface area contributed by atoms with E-state index in [1.54, 1.807) is 0 Å². The molecule has 0 amide bonds. The Morgan fingerprint density at radius 1 is 0.800 bits per heavy atom. The molecule has 4 saturated carbocycles. The van der Waals surface area contributed by atoms with Crippen molar-refractivity contribution in [2.45, 2.75) is 44.8 Å². The van der Waals surface area contributed by atoms with E-state index in [1.165, 1.54) is 19.3 Å². The van der Waals surface area contributed by atoms with Crippen molar-refractivity contribution >= 4 is 0 Å². The third-order valence-corrected chi connectivity index (χ3v) is 4.63. The second kappa shape index (κ2) is 4.81. The van der Waals surface area contributed by atoms with Gasteiger partial charge in [0.25, 0.3) is 0 Å². The molecule has 15 heavy (non-hydrogen) atoms. The first-order valence-corrected chi connectivity index (χ1v) is 5.54. The Bertz CT molecular complexity index is 195. The molecule has 0 saturated heterocycles. The maximum atomic E-state index is 9.47. The minimum Gasteiger partial charge on any atom is -0.368 e. The summed E-state index contributed by atoms with van der Waals surface area (Å²) in [5.74, 6) is 2.44. The van der Waals surface area contributed by atoms with Crippen LogP contribution in [0.3, 0.4) is 0 Å². The molecule has 2 radical (unpaired) electrons. The number of rotatable bonds is 1. The maximum Gasteiger partial charge on any atom is 0.157 e. The van der Waals surface area contributed by atoms with Gasteiger partial charge in [0.2, 0.25) is 0 Å². The minimum atomic E-state index is -1.05. The van der Waals surface area contributed by atoms with Gasteiger partial charge in [0, 0.05) is 44.4 Å². The van der Waals surface area contributed by atoms with Gasteiger partial charge in [-0.2, -0.15) is 0 Å². The molecule has 0 aromatic carbocycles. The fourth-order valence-electron chi connectivity index (χ4n) is 4.49. The molecule has 4 aliphatic rings.